The quantitative estimate of drug-likeness (QED) is 0.841. The molecule has 0 fully saturated rings. The Kier molecular flexibility index (Phi) is 3.87. The van der Waals surface area contributed by atoms with Crippen LogP contribution in [0.15, 0.2) is 42.7 Å². The highest BCUT2D eigenvalue weighted by atomic mass is 32.1. The number of pyridine rings is 1. The van der Waals surface area contributed by atoms with Gasteiger partial charge in [-0.05, 0) is 24.6 Å². The minimum atomic E-state index is -0.998. The number of anilines is 1. The highest BCUT2D eigenvalue weighted by Crippen LogP contribution is 2.14. The Bertz CT molecular complexity index is 641. The van der Waals surface area contributed by atoms with E-state index in [0.717, 1.165) is 11.3 Å². The van der Waals surface area contributed by atoms with E-state index in [1.165, 1.54) is 6.07 Å². The van der Waals surface area contributed by atoms with E-state index in [1.807, 2.05) is 13.0 Å². The zero-order chi connectivity index (χ0) is 13.8. The van der Waals surface area contributed by atoms with Crippen LogP contribution in [0.1, 0.15) is 21.5 Å². The van der Waals surface area contributed by atoms with Crippen LogP contribution in [0.3, 0.4) is 0 Å². The van der Waals surface area contributed by atoms with Crippen molar-refractivity contribution in [3.63, 3.8) is 0 Å². The molecule has 1 heterocycles. The normalized spacial score (nSPS) is 9.95. The van der Waals surface area contributed by atoms with Gasteiger partial charge in [0.15, 0.2) is 0 Å². The Balaban J connectivity index is 2.28. The van der Waals surface area contributed by atoms with Crippen LogP contribution < -0.4 is 5.32 Å². The molecule has 0 radical (unpaired) electrons. The summed E-state index contributed by atoms with van der Waals surface area (Å²) in [5.74, 6) is -0.998. The first kappa shape index (κ1) is 13.2. The second kappa shape index (κ2) is 5.58. The molecule has 5 heteroatoms. The highest BCUT2D eigenvalue weighted by Gasteiger charge is 2.12. The van der Waals surface area contributed by atoms with Crippen LogP contribution in [0.2, 0.25) is 0 Å². The van der Waals surface area contributed by atoms with E-state index in [9.17, 15) is 4.79 Å². The van der Waals surface area contributed by atoms with Crippen LogP contribution in [-0.2, 0) is 0 Å². The molecule has 0 aliphatic heterocycles. The summed E-state index contributed by atoms with van der Waals surface area (Å²) >= 11 is 5.25. The Morgan fingerprint density at radius 1 is 1.26 bits per heavy atom. The van der Waals surface area contributed by atoms with Gasteiger partial charge in [-0.2, -0.15) is 0 Å². The second-order valence-electron chi connectivity index (χ2n) is 4.06. The predicted molar refractivity (Wildman–Crippen MR) is 77.7 cm³/mol. The fourth-order valence-corrected chi connectivity index (χ4v) is 1.99. The lowest BCUT2D eigenvalue weighted by atomic mass is 10.1. The zero-order valence-corrected chi connectivity index (χ0v) is 11.1. The molecule has 0 saturated heterocycles. The number of benzene rings is 1. The largest absolute Gasteiger partial charge is 0.478 e. The molecule has 0 aliphatic carbocycles. The van der Waals surface area contributed by atoms with E-state index in [-0.39, 0.29) is 5.56 Å². The number of carboxylic acid groups (broad SMARTS) is 1. The summed E-state index contributed by atoms with van der Waals surface area (Å²) in [6.45, 7) is 1.92. The third kappa shape index (κ3) is 3.14. The molecule has 2 rings (SSSR count). The number of aryl methyl sites for hydroxylation is 1. The second-order valence-corrected chi connectivity index (χ2v) is 4.46. The Hall–Kier alpha value is -2.27. The molecule has 0 spiro atoms. The van der Waals surface area contributed by atoms with Gasteiger partial charge in [0, 0.05) is 11.8 Å². The van der Waals surface area contributed by atoms with Crippen molar-refractivity contribution >= 4 is 28.9 Å². The van der Waals surface area contributed by atoms with E-state index >= 15 is 0 Å². The first-order valence-corrected chi connectivity index (χ1v) is 6.04. The van der Waals surface area contributed by atoms with E-state index in [2.05, 4.69) is 10.3 Å². The minimum absolute atomic E-state index is 0.181. The maximum Gasteiger partial charge on any atom is 0.336 e. The molecule has 96 valence electrons. The average Bonchev–Trinajstić information content (AvgIpc) is 2.38. The standard InChI is InChI=1S/C14H12N2O2S/c1-9-6-10(8-15-7-9)16-13(19)11-4-2-3-5-12(11)14(17)18/h2-8H,1H3,(H,16,19)(H,17,18). The number of thiocarbonyl (C=S) groups is 1. The summed E-state index contributed by atoms with van der Waals surface area (Å²) in [5.41, 5.74) is 2.41. The summed E-state index contributed by atoms with van der Waals surface area (Å²) in [5, 5.41) is 12.1. The highest BCUT2D eigenvalue weighted by molar-refractivity contribution is 7.81. The monoisotopic (exact) mass is 272 g/mol. The van der Waals surface area contributed by atoms with Crippen molar-refractivity contribution < 1.29 is 9.90 Å². The summed E-state index contributed by atoms with van der Waals surface area (Å²) < 4.78 is 0. The lowest BCUT2D eigenvalue weighted by Crippen LogP contribution is -2.15. The molecule has 4 nitrogen and oxygen atoms in total. The molecule has 19 heavy (non-hydrogen) atoms. The molecular formula is C14H12N2O2S. The van der Waals surface area contributed by atoms with Gasteiger partial charge >= 0.3 is 5.97 Å². The topological polar surface area (TPSA) is 62.2 Å². The van der Waals surface area contributed by atoms with Gasteiger partial charge in [-0.3, -0.25) is 4.98 Å². The van der Waals surface area contributed by atoms with Crippen molar-refractivity contribution in [2.75, 3.05) is 5.32 Å². The molecule has 2 N–H and O–H groups in total. The van der Waals surface area contributed by atoms with Crippen molar-refractivity contribution in [1.82, 2.24) is 4.98 Å². The van der Waals surface area contributed by atoms with Crippen LogP contribution in [0, 0.1) is 6.92 Å². The van der Waals surface area contributed by atoms with Crippen molar-refractivity contribution in [3.8, 4) is 0 Å². The number of rotatable bonds is 3. The Morgan fingerprint density at radius 2 is 1.95 bits per heavy atom. The molecule has 0 amide bonds. The van der Waals surface area contributed by atoms with Crippen molar-refractivity contribution in [1.29, 1.82) is 0 Å². The molecule has 1 aromatic heterocycles. The van der Waals surface area contributed by atoms with Gasteiger partial charge < -0.3 is 10.4 Å². The third-order valence-electron chi connectivity index (χ3n) is 2.53. The van der Waals surface area contributed by atoms with Crippen LogP contribution in [0.4, 0.5) is 5.69 Å². The summed E-state index contributed by atoms with van der Waals surface area (Å²) in [6, 6.07) is 8.53. The molecule has 2 aromatic rings. The molecule has 0 bridgehead atoms. The third-order valence-corrected chi connectivity index (χ3v) is 2.86. The van der Waals surface area contributed by atoms with Gasteiger partial charge in [0.1, 0.15) is 4.99 Å². The van der Waals surface area contributed by atoms with Crippen LogP contribution in [0.25, 0.3) is 0 Å². The molecule has 1 aromatic carbocycles. The number of aromatic nitrogens is 1. The van der Waals surface area contributed by atoms with Gasteiger partial charge in [-0.25, -0.2) is 4.79 Å². The fraction of sp³-hybridized carbons (Fsp3) is 0.0714. The van der Waals surface area contributed by atoms with E-state index < -0.39 is 5.97 Å². The molecule has 0 aliphatic rings. The van der Waals surface area contributed by atoms with Crippen LogP contribution in [0.5, 0.6) is 0 Å². The number of hydrogen-bond donors (Lipinski definition) is 2. The van der Waals surface area contributed by atoms with Crippen molar-refractivity contribution in [2.45, 2.75) is 6.92 Å². The Morgan fingerprint density at radius 3 is 2.58 bits per heavy atom. The molecule has 0 atom stereocenters. The van der Waals surface area contributed by atoms with Gasteiger partial charge in [-0.15, -0.1) is 0 Å². The smallest absolute Gasteiger partial charge is 0.336 e. The lowest BCUT2D eigenvalue weighted by molar-refractivity contribution is 0.0696. The summed E-state index contributed by atoms with van der Waals surface area (Å²) in [4.78, 5) is 15.5. The first-order chi connectivity index (χ1) is 9.08. The van der Waals surface area contributed by atoms with E-state index in [1.54, 1.807) is 30.6 Å². The number of carboxylic acids is 1. The average molecular weight is 272 g/mol. The number of carbonyl (C=O) groups is 1. The zero-order valence-electron chi connectivity index (χ0n) is 10.3. The van der Waals surface area contributed by atoms with Crippen molar-refractivity contribution in [2.24, 2.45) is 0 Å². The maximum absolute atomic E-state index is 11.1. The minimum Gasteiger partial charge on any atom is -0.478 e. The lowest BCUT2D eigenvalue weighted by Gasteiger charge is -2.10. The number of aromatic carboxylic acids is 1. The maximum atomic E-state index is 11.1. The SMILES string of the molecule is Cc1cncc(NC(=S)c2ccccc2C(=O)O)c1. The van der Waals surface area contributed by atoms with Gasteiger partial charge in [0.25, 0.3) is 0 Å². The predicted octanol–water partition coefficient (Wildman–Crippen LogP) is 2.88. The van der Waals surface area contributed by atoms with E-state index in [4.69, 9.17) is 17.3 Å². The fourth-order valence-electron chi connectivity index (χ4n) is 1.69. The summed E-state index contributed by atoms with van der Waals surface area (Å²) in [7, 11) is 0. The molecular weight excluding hydrogens is 260 g/mol. The molecule has 0 unspecified atom stereocenters. The van der Waals surface area contributed by atoms with Crippen LogP contribution >= 0.6 is 12.2 Å². The summed E-state index contributed by atoms with van der Waals surface area (Å²) in [6.07, 6.45) is 3.38. The number of nitrogens with one attached hydrogen (secondary N) is 1. The van der Waals surface area contributed by atoms with Gasteiger partial charge in [0.2, 0.25) is 0 Å². The van der Waals surface area contributed by atoms with Crippen LogP contribution in [-0.4, -0.2) is 21.0 Å². The Labute approximate surface area is 116 Å². The number of hydrogen-bond acceptors (Lipinski definition) is 3. The van der Waals surface area contributed by atoms with Gasteiger partial charge in [0.05, 0.1) is 17.4 Å². The van der Waals surface area contributed by atoms with Gasteiger partial charge in [-0.1, -0.05) is 30.4 Å². The van der Waals surface area contributed by atoms with Crippen molar-refractivity contribution in [3.05, 3.63) is 59.4 Å². The first-order valence-electron chi connectivity index (χ1n) is 5.63. The molecule has 0 saturated carbocycles. The number of nitrogens with zero attached hydrogens (tertiary/aromatic N) is 1. The van der Waals surface area contributed by atoms with E-state index in [0.29, 0.717) is 10.6 Å².